The van der Waals surface area contributed by atoms with E-state index in [1.54, 1.807) is 4.68 Å². The molecule has 0 saturated carbocycles. The number of benzene rings is 1. The van der Waals surface area contributed by atoms with Crippen molar-refractivity contribution in [2.75, 3.05) is 26.2 Å². The minimum absolute atomic E-state index is 0. The van der Waals surface area contributed by atoms with Gasteiger partial charge in [0.15, 0.2) is 0 Å². The number of carbonyl (C=O) groups excluding carboxylic acids is 1. The summed E-state index contributed by atoms with van der Waals surface area (Å²) in [6, 6.07) is 7.47. The summed E-state index contributed by atoms with van der Waals surface area (Å²) in [7, 11) is 0. The lowest BCUT2D eigenvalue weighted by Gasteiger charge is -2.20. The van der Waals surface area contributed by atoms with Crippen molar-refractivity contribution in [1.82, 2.24) is 20.0 Å². The van der Waals surface area contributed by atoms with E-state index < -0.39 is 0 Å². The summed E-state index contributed by atoms with van der Waals surface area (Å²) in [6.07, 6.45) is 4.02. The number of nitrogens with one attached hydrogen (secondary N) is 1. The number of aromatic nitrogens is 2. The molecule has 2 aromatic rings. The normalized spacial score (nSPS) is 22.5. The molecule has 0 radical (unpaired) electrons. The van der Waals surface area contributed by atoms with Gasteiger partial charge in [-0.05, 0) is 69.0 Å². The number of fused-ring (bicyclic) bond motifs is 1. The third-order valence-corrected chi connectivity index (χ3v) is 5.78. The van der Waals surface area contributed by atoms with E-state index in [2.05, 4.69) is 10.4 Å². The molecule has 5 nitrogen and oxygen atoms in total. The Morgan fingerprint density at radius 2 is 1.77 bits per heavy atom. The van der Waals surface area contributed by atoms with Crippen molar-refractivity contribution in [3.63, 3.8) is 0 Å². The SMILES string of the molecule is Cc1nn(-c2ccc(Cl)cc2)cc1C(=O)N1CC[C@@H]2CNC[C@@H]2CC1.Cl. The molecular weight excluding hydrogens is 371 g/mol. The van der Waals surface area contributed by atoms with Crippen molar-refractivity contribution >= 4 is 29.9 Å². The fourth-order valence-corrected chi connectivity index (χ4v) is 4.11. The molecule has 26 heavy (non-hydrogen) atoms. The highest BCUT2D eigenvalue weighted by molar-refractivity contribution is 6.30. The van der Waals surface area contributed by atoms with E-state index in [9.17, 15) is 4.79 Å². The molecule has 4 rings (SSSR count). The maximum absolute atomic E-state index is 13.0. The summed E-state index contributed by atoms with van der Waals surface area (Å²) in [5.74, 6) is 1.54. The van der Waals surface area contributed by atoms with Crippen LogP contribution in [0.25, 0.3) is 5.69 Å². The lowest BCUT2D eigenvalue weighted by molar-refractivity contribution is 0.0758. The van der Waals surface area contributed by atoms with E-state index in [1.165, 1.54) is 0 Å². The summed E-state index contributed by atoms with van der Waals surface area (Å²) in [4.78, 5) is 15.0. The minimum atomic E-state index is 0. The number of nitrogens with zero attached hydrogens (tertiary/aromatic N) is 3. The Bertz CT molecular complexity index is 760. The van der Waals surface area contributed by atoms with Crippen LogP contribution in [0.2, 0.25) is 5.02 Å². The molecule has 1 N–H and O–H groups in total. The van der Waals surface area contributed by atoms with E-state index in [0.717, 1.165) is 62.2 Å². The quantitative estimate of drug-likeness (QED) is 0.849. The van der Waals surface area contributed by atoms with Gasteiger partial charge in [-0.25, -0.2) is 4.68 Å². The molecule has 0 spiro atoms. The summed E-state index contributed by atoms with van der Waals surface area (Å²) < 4.78 is 1.76. The van der Waals surface area contributed by atoms with E-state index >= 15 is 0 Å². The third kappa shape index (κ3) is 3.75. The van der Waals surface area contributed by atoms with Crippen LogP contribution in [0.5, 0.6) is 0 Å². The van der Waals surface area contributed by atoms with Crippen LogP contribution in [0.1, 0.15) is 28.9 Å². The summed E-state index contributed by atoms with van der Waals surface area (Å²) in [6.45, 7) is 5.77. The Kier molecular flexibility index (Phi) is 5.90. The van der Waals surface area contributed by atoms with Crippen LogP contribution in [-0.4, -0.2) is 46.8 Å². The van der Waals surface area contributed by atoms with E-state index in [4.69, 9.17) is 11.6 Å². The molecule has 7 heteroatoms. The maximum Gasteiger partial charge on any atom is 0.257 e. The summed E-state index contributed by atoms with van der Waals surface area (Å²) in [5.41, 5.74) is 2.37. The first-order valence-electron chi connectivity index (χ1n) is 8.94. The molecule has 1 aromatic heterocycles. The number of carbonyl (C=O) groups is 1. The summed E-state index contributed by atoms with van der Waals surface area (Å²) in [5, 5.41) is 8.69. The highest BCUT2D eigenvalue weighted by atomic mass is 35.5. The van der Waals surface area contributed by atoms with Crippen molar-refractivity contribution in [3.8, 4) is 5.69 Å². The van der Waals surface area contributed by atoms with E-state index in [0.29, 0.717) is 10.6 Å². The van der Waals surface area contributed by atoms with Gasteiger partial charge in [-0.3, -0.25) is 4.79 Å². The zero-order chi connectivity index (χ0) is 17.4. The van der Waals surface area contributed by atoms with Crippen LogP contribution in [0, 0.1) is 18.8 Å². The largest absolute Gasteiger partial charge is 0.339 e. The molecule has 0 aliphatic carbocycles. The lowest BCUT2D eigenvalue weighted by Crippen LogP contribution is -2.33. The van der Waals surface area contributed by atoms with Gasteiger partial charge >= 0.3 is 0 Å². The first-order chi connectivity index (χ1) is 12.1. The minimum Gasteiger partial charge on any atom is -0.339 e. The Morgan fingerprint density at radius 3 is 2.38 bits per heavy atom. The second-order valence-corrected chi connectivity index (χ2v) is 7.53. The van der Waals surface area contributed by atoms with Crippen LogP contribution < -0.4 is 5.32 Å². The molecule has 140 valence electrons. The number of halogens is 2. The van der Waals surface area contributed by atoms with Crippen LogP contribution in [-0.2, 0) is 0 Å². The first-order valence-corrected chi connectivity index (χ1v) is 9.32. The van der Waals surface area contributed by atoms with Crippen molar-refractivity contribution in [1.29, 1.82) is 0 Å². The lowest BCUT2D eigenvalue weighted by atomic mass is 9.92. The predicted molar refractivity (Wildman–Crippen MR) is 106 cm³/mol. The van der Waals surface area contributed by atoms with Gasteiger partial charge in [0.2, 0.25) is 0 Å². The van der Waals surface area contributed by atoms with Gasteiger partial charge in [0.25, 0.3) is 5.91 Å². The first kappa shape index (κ1) is 19.2. The number of aryl methyl sites for hydroxylation is 1. The van der Waals surface area contributed by atoms with Gasteiger partial charge in [0, 0.05) is 24.3 Å². The molecule has 2 atom stereocenters. The monoisotopic (exact) mass is 394 g/mol. The van der Waals surface area contributed by atoms with Crippen LogP contribution >= 0.6 is 24.0 Å². The number of rotatable bonds is 2. The van der Waals surface area contributed by atoms with Gasteiger partial charge in [0.1, 0.15) is 0 Å². The van der Waals surface area contributed by atoms with Gasteiger partial charge in [-0.1, -0.05) is 11.6 Å². The zero-order valence-electron chi connectivity index (χ0n) is 14.8. The Hall–Kier alpha value is -1.56. The summed E-state index contributed by atoms with van der Waals surface area (Å²) >= 11 is 5.95. The number of amides is 1. The van der Waals surface area contributed by atoms with Crippen molar-refractivity contribution < 1.29 is 4.79 Å². The number of hydrogen-bond acceptors (Lipinski definition) is 3. The molecule has 1 amide bonds. The van der Waals surface area contributed by atoms with Gasteiger partial charge in [0.05, 0.1) is 16.9 Å². The third-order valence-electron chi connectivity index (χ3n) is 5.53. The highest BCUT2D eigenvalue weighted by Crippen LogP contribution is 2.28. The number of hydrogen-bond donors (Lipinski definition) is 1. The Balaban J connectivity index is 0.00000196. The molecule has 2 saturated heterocycles. The van der Waals surface area contributed by atoms with E-state index in [1.807, 2.05) is 42.3 Å². The van der Waals surface area contributed by atoms with Gasteiger partial charge in [-0.15, -0.1) is 12.4 Å². The van der Waals surface area contributed by atoms with Crippen molar-refractivity contribution in [2.45, 2.75) is 19.8 Å². The molecule has 0 unspecified atom stereocenters. The van der Waals surface area contributed by atoms with Crippen LogP contribution in [0.3, 0.4) is 0 Å². The fourth-order valence-electron chi connectivity index (χ4n) is 3.99. The predicted octanol–water partition coefficient (Wildman–Crippen LogP) is 3.33. The fraction of sp³-hybridized carbons (Fsp3) is 0.474. The second-order valence-electron chi connectivity index (χ2n) is 7.10. The van der Waals surface area contributed by atoms with Gasteiger partial charge in [-0.2, -0.15) is 5.10 Å². The molecule has 1 aromatic carbocycles. The Morgan fingerprint density at radius 1 is 1.15 bits per heavy atom. The molecule has 2 aliphatic rings. The number of likely N-dealkylation sites (tertiary alicyclic amines) is 1. The van der Waals surface area contributed by atoms with E-state index in [-0.39, 0.29) is 18.3 Å². The molecular formula is C19H24Cl2N4O. The second kappa shape index (κ2) is 7.99. The average molecular weight is 395 g/mol. The standard InChI is InChI=1S/C19H23ClN4O.ClH/c1-13-18(12-24(22-13)17-4-2-16(20)3-5-17)19(25)23-8-6-14-10-21-11-15(14)7-9-23;/h2-5,12,14-15,21H,6-11H2,1H3;1H/t14-,15+;. The topological polar surface area (TPSA) is 50.2 Å². The Labute approximate surface area is 165 Å². The van der Waals surface area contributed by atoms with Crippen LogP contribution in [0.15, 0.2) is 30.5 Å². The molecule has 0 bridgehead atoms. The maximum atomic E-state index is 13.0. The highest BCUT2D eigenvalue weighted by Gasteiger charge is 2.32. The zero-order valence-corrected chi connectivity index (χ0v) is 16.4. The molecule has 3 heterocycles. The van der Waals surface area contributed by atoms with Gasteiger partial charge < -0.3 is 10.2 Å². The average Bonchev–Trinajstić information content (AvgIpc) is 3.16. The molecule has 2 aliphatic heterocycles. The van der Waals surface area contributed by atoms with Crippen LogP contribution in [0.4, 0.5) is 0 Å². The molecule has 2 fully saturated rings. The smallest absolute Gasteiger partial charge is 0.257 e. The van der Waals surface area contributed by atoms with Crippen molar-refractivity contribution in [3.05, 3.63) is 46.7 Å². The van der Waals surface area contributed by atoms with Crippen molar-refractivity contribution in [2.24, 2.45) is 11.8 Å².